The fourth-order valence-electron chi connectivity index (χ4n) is 5.29. The third-order valence-electron chi connectivity index (χ3n) is 7.23. The summed E-state index contributed by atoms with van der Waals surface area (Å²) in [7, 11) is 0. The Kier molecular flexibility index (Phi) is 6.76. The molecule has 5 heteroatoms. The van der Waals surface area contributed by atoms with Crippen LogP contribution in [0.4, 0.5) is 0 Å². The Morgan fingerprint density at radius 2 is 1.83 bits per heavy atom. The molecule has 4 rings (SSSR count). The summed E-state index contributed by atoms with van der Waals surface area (Å²) in [6.45, 7) is 5.45. The van der Waals surface area contributed by atoms with Gasteiger partial charge < -0.3 is 19.5 Å². The van der Waals surface area contributed by atoms with Gasteiger partial charge in [-0.15, -0.1) is 0 Å². The Balaban J connectivity index is 1.17. The lowest BCUT2D eigenvalue weighted by Crippen LogP contribution is -2.35. The fraction of sp³-hybridized carbons (Fsp3) is 0.708. The highest BCUT2D eigenvalue weighted by Gasteiger charge is 2.28. The standard InChI is InChI=1S/C24H35NO4/c1-17(26)22(27)15-19-7-5-18(6-8-19)9-12-25-13-10-20(11-14-25)21-3-2-4-23-24(21)29-16-28-23/h2-4,17-20,26H,5-16H2,1H3/t17-,18?,19?/m1/s1. The monoisotopic (exact) mass is 401 g/mol. The summed E-state index contributed by atoms with van der Waals surface area (Å²) in [4.78, 5) is 14.4. The summed E-state index contributed by atoms with van der Waals surface area (Å²) in [6.07, 6.45) is 8.19. The number of benzene rings is 1. The average Bonchev–Trinajstić information content (AvgIpc) is 3.22. The van der Waals surface area contributed by atoms with E-state index < -0.39 is 6.10 Å². The maximum absolute atomic E-state index is 11.7. The van der Waals surface area contributed by atoms with Crippen molar-refractivity contribution in [3.8, 4) is 11.5 Å². The van der Waals surface area contributed by atoms with Crippen LogP contribution >= 0.6 is 0 Å². The number of ketones is 1. The molecule has 0 unspecified atom stereocenters. The number of carbonyl (C=O) groups excluding carboxylic acids is 1. The van der Waals surface area contributed by atoms with Gasteiger partial charge in [0.25, 0.3) is 0 Å². The molecule has 1 aromatic carbocycles. The molecule has 1 N–H and O–H groups in total. The first-order chi connectivity index (χ1) is 14.1. The first-order valence-corrected chi connectivity index (χ1v) is 11.4. The van der Waals surface area contributed by atoms with Gasteiger partial charge in [0.1, 0.15) is 6.10 Å². The number of carbonyl (C=O) groups is 1. The SMILES string of the molecule is C[C@@H](O)C(=O)CC1CCC(CCN2CCC(c3cccc4c3OCO4)CC2)CC1. The number of para-hydroxylation sites is 1. The maximum atomic E-state index is 11.7. The molecule has 0 radical (unpaired) electrons. The Bertz CT molecular complexity index is 688. The first kappa shape index (κ1) is 20.7. The number of fused-ring (bicyclic) bond motifs is 1. The molecule has 0 spiro atoms. The molecule has 1 saturated carbocycles. The van der Waals surface area contributed by atoms with E-state index in [-0.39, 0.29) is 5.78 Å². The summed E-state index contributed by atoms with van der Waals surface area (Å²) in [5.41, 5.74) is 1.32. The van der Waals surface area contributed by atoms with E-state index in [0.29, 0.717) is 25.0 Å². The number of aliphatic hydroxyl groups is 1. The normalized spacial score (nSPS) is 26.4. The van der Waals surface area contributed by atoms with E-state index in [1.807, 2.05) is 6.07 Å². The highest BCUT2D eigenvalue weighted by Crippen LogP contribution is 2.42. The van der Waals surface area contributed by atoms with Crippen molar-refractivity contribution in [2.24, 2.45) is 11.8 Å². The van der Waals surface area contributed by atoms with Gasteiger partial charge in [-0.1, -0.05) is 25.0 Å². The largest absolute Gasteiger partial charge is 0.454 e. The van der Waals surface area contributed by atoms with Gasteiger partial charge >= 0.3 is 0 Å². The van der Waals surface area contributed by atoms with Crippen LogP contribution in [0.2, 0.25) is 0 Å². The Morgan fingerprint density at radius 1 is 1.10 bits per heavy atom. The van der Waals surface area contributed by atoms with Crippen LogP contribution in [0.3, 0.4) is 0 Å². The quantitative estimate of drug-likeness (QED) is 0.744. The zero-order chi connectivity index (χ0) is 20.2. The van der Waals surface area contributed by atoms with Crippen LogP contribution in [0.15, 0.2) is 18.2 Å². The number of ether oxygens (including phenoxy) is 2. The Labute approximate surface area is 174 Å². The van der Waals surface area contributed by atoms with Crippen LogP contribution in [0.25, 0.3) is 0 Å². The number of Topliss-reactive ketones (excluding diaryl/α,β-unsaturated/α-hetero) is 1. The van der Waals surface area contributed by atoms with Crippen molar-refractivity contribution in [3.63, 3.8) is 0 Å². The number of hydrogen-bond acceptors (Lipinski definition) is 5. The van der Waals surface area contributed by atoms with E-state index in [2.05, 4.69) is 17.0 Å². The molecular formula is C24H35NO4. The molecular weight excluding hydrogens is 366 g/mol. The summed E-state index contributed by atoms with van der Waals surface area (Å²) >= 11 is 0. The first-order valence-electron chi connectivity index (χ1n) is 11.4. The molecule has 0 amide bonds. The van der Waals surface area contributed by atoms with Gasteiger partial charge in [0.05, 0.1) is 0 Å². The highest BCUT2D eigenvalue weighted by atomic mass is 16.7. The predicted octanol–water partition coefficient (Wildman–Crippen LogP) is 4.13. The van der Waals surface area contributed by atoms with E-state index in [1.165, 1.54) is 44.2 Å². The minimum absolute atomic E-state index is 0.0114. The third-order valence-corrected chi connectivity index (χ3v) is 7.23. The lowest BCUT2D eigenvalue weighted by atomic mass is 9.78. The lowest BCUT2D eigenvalue weighted by Gasteiger charge is -2.34. The second-order valence-electron chi connectivity index (χ2n) is 9.22. The summed E-state index contributed by atoms with van der Waals surface area (Å²) < 4.78 is 11.2. The Morgan fingerprint density at radius 3 is 2.55 bits per heavy atom. The van der Waals surface area contributed by atoms with Gasteiger partial charge in [0, 0.05) is 12.0 Å². The van der Waals surface area contributed by atoms with Crippen molar-refractivity contribution in [2.45, 2.75) is 70.3 Å². The second-order valence-corrected chi connectivity index (χ2v) is 9.22. The summed E-state index contributed by atoms with van der Waals surface area (Å²) in [5, 5.41) is 9.40. The number of nitrogens with zero attached hydrogens (tertiary/aromatic N) is 1. The molecule has 1 saturated heterocycles. The average molecular weight is 402 g/mol. The van der Waals surface area contributed by atoms with E-state index >= 15 is 0 Å². The maximum Gasteiger partial charge on any atom is 0.231 e. The van der Waals surface area contributed by atoms with Crippen LogP contribution < -0.4 is 9.47 Å². The van der Waals surface area contributed by atoms with Crippen LogP contribution in [0.5, 0.6) is 11.5 Å². The van der Waals surface area contributed by atoms with E-state index in [1.54, 1.807) is 6.92 Å². The number of likely N-dealkylation sites (tertiary alicyclic amines) is 1. The highest BCUT2D eigenvalue weighted by molar-refractivity contribution is 5.82. The van der Waals surface area contributed by atoms with Gasteiger partial charge in [-0.2, -0.15) is 0 Å². The zero-order valence-electron chi connectivity index (χ0n) is 17.6. The number of aliphatic hydroxyl groups excluding tert-OH is 1. The fourth-order valence-corrected chi connectivity index (χ4v) is 5.29. The van der Waals surface area contributed by atoms with E-state index in [9.17, 15) is 9.90 Å². The minimum Gasteiger partial charge on any atom is -0.454 e. The smallest absolute Gasteiger partial charge is 0.231 e. The summed E-state index contributed by atoms with van der Waals surface area (Å²) in [6, 6.07) is 6.28. The van der Waals surface area contributed by atoms with Crippen LogP contribution in [-0.4, -0.2) is 48.3 Å². The molecule has 1 aliphatic carbocycles. The molecule has 2 fully saturated rings. The minimum atomic E-state index is -0.799. The number of piperidine rings is 1. The van der Waals surface area contributed by atoms with Crippen molar-refractivity contribution in [1.82, 2.24) is 4.90 Å². The van der Waals surface area contributed by atoms with Crippen molar-refractivity contribution < 1.29 is 19.4 Å². The Hall–Kier alpha value is -1.59. The molecule has 2 aliphatic heterocycles. The van der Waals surface area contributed by atoms with Crippen molar-refractivity contribution in [2.75, 3.05) is 26.4 Å². The molecule has 0 aromatic heterocycles. The number of rotatable bonds is 7. The zero-order valence-corrected chi connectivity index (χ0v) is 17.6. The molecule has 1 atom stereocenters. The topological polar surface area (TPSA) is 59.0 Å². The molecule has 3 aliphatic rings. The van der Waals surface area contributed by atoms with Crippen LogP contribution in [0.1, 0.15) is 69.8 Å². The molecule has 0 bridgehead atoms. The molecule has 29 heavy (non-hydrogen) atoms. The van der Waals surface area contributed by atoms with Gasteiger partial charge in [0.2, 0.25) is 6.79 Å². The van der Waals surface area contributed by atoms with E-state index in [0.717, 1.165) is 43.3 Å². The van der Waals surface area contributed by atoms with Crippen molar-refractivity contribution >= 4 is 5.78 Å². The summed E-state index contributed by atoms with van der Waals surface area (Å²) in [5.74, 6) is 3.74. The van der Waals surface area contributed by atoms with Crippen LogP contribution in [0, 0.1) is 11.8 Å². The second kappa shape index (κ2) is 9.48. The lowest BCUT2D eigenvalue weighted by molar-refractivity contribution is -0.127. The molecule has 160 valence electrons. The molecule has 2 heterocycles. The van der Waals surface area contributed by atoms with Gasteiger partial charge in [-0.05, 0) is 82.5 Å². The van der Waals surface area contributed by atoms with Crippen molar-refractivity contribution in [1.29, 1.82) is 0 Å². The molecule has 1 aromatic rings. The number of hydrogen-bond donors (Lipinski definition) is 1. The van der Waals surface area contributed by atoms with Crippen molar-refractivity contribution in [3.05, 3.63) is 23.8 Å². The van der Waals surface area contributed by atoms with Gasteiger partial charge in [-0.3, -0.25) is 4.79 Å². The molecule has 5 nitrogen and oxygen atoms in total. The van der Waals surface area contributed by atoms with Gasteiger partial charge in [0.15, 0.2) is 17.3 Å². The van der Waals surface area contributed by atoms with Gasteiger partial charge in [-0.25, -0.2) is 0 Å². The predicted molar refractivity (Wildman–Crippen MR) is 112 cm³/mol. The van der Waals surface area contributed by atoms with E-state index in [4.69, 9.17) is 9.47 Å². The third kappa shape index (κ3) is 5.13. The van der Waals surface area contributed by atoms with Crippen LogP contribution in [-0.2, 0) is 4.79 Å².